The fraction of sp³-hybridized carbons (Fsp3) is 0.600. The number of carboxylic acid groups (broad SMARTS) is 1. The van der Waals surface area contributed by atoms with Gasteiger partial charge < -0.3 is 5.11 Å². The van der Waals surface area contributed by atoms with Crippen LogP contribution in [0, 0.1) is 5.82 Å². The van der Waals surface area contributed by atoms with Crippen molar-refractivity contribution >= 4 is 5.97 Å². The van der Waals surface area contributed by atoms with E-state index in [4.69, 9.17) is 0 Å². The number of rotatable bonds is 4. The smallest absolute Gasteiger partial charge is 0.323 e. The molecular formula is C15H21FN2O2. The lowest BCUT2D eigenvalue weighted by molar-refractivity contribution is -0.155. The maximum Gasteiger partial charge on any atom is 0.323 e. The molecule has 1 aromatic heterocycles. The van der Waals surface area contributed by atoms with Crippen LogP contribution in [0.1, 0.15) is 51.3 Å². The van der Waals surface area contributed by atoms with Crippen LogP contribution in [0.2, 0.25) is 0 Å². The zero-order valence-corrected chi connectivity index (χ0v) is 12.0. The molecule has 2 heterocycles. The van der Waals surface area contributed by atoms with Crippen molar-refractivity contribution in [2.75, 3.05) is 6.54 Å². The lowest BCUT2D eigenvalue weighted by Crippen LogP contribution is -2.56. The lowest BCUT2D eigenvalue weighted by atomic mass is 9.86. The van der Waals surface area contributed by atoms with E-state index in [9.17, 15) is 14.3 Å². The summed E-state index contributed by atoms with van der Waals surface area (Å²) in [6.45, 7) is 4.52. The van der Waals surface area contributed by atoms with Gasteiger partial charge in [-0.05, 0) is 51.3 Å². The summed E-state index contributed by atoms with van der Waals surface area (Å²) in [5.74, 6) is -1.17. The van der Waals surface area contributed by atoms with Crippen molar-refractivity contribution in [2.45, 2.75) is 51.1 Å². The second kappa shape index (κ2) is 5.87. The predicted molar refractivity (Wildman–Crippen MR) is 73.8 cm³/mol. The van der Waals surface area contributed by atoms with E-state index in [-0.39, 0.29) is 11.9 Å². The Morgan fingerprint density at radius 3 is 2.85 bits per heavy atom. The van der Waals surface area contributed by atoms with Crippen LogP contribution in [-0.2, 0) is 4.79 Å². The molecule has 4 nitrogen and oxygen atoms in total. The molecule has 0 aliphatic carbocycles. The van der Waals surface area contributed by atoms with E-state index in [0.29, 0.717) is 6.42 Å². The van der Waals surface area contributed by atoms with Crippen LogP contribution >= 0.6 is 0 Å². The molecule has 1 fully saturated rings. The minimum absolute atomic E-state index is 0.0861. The molecule has 0 aromatic carbocycles. The number of likely N-dealkylation sites (tertiary alicyclic amines) is 1. The number of hydrogen-bond donors (Lipinski definition) is 1. The third-order valence-electron chi connectivity index (χ3n) is 4.26. The summed E-state index contributed by atoms with van der Waals surface area (Å²) in [6, 6.07) is 2.95. The van der Waals surface area contributed by atoms with E-state index in [2.05, 4.69) is 4.98 Å². The SMILES string of the molecule is CCC(c1ccc(F)cn1)N1CCCCC1(C)C(=O)O. The molecule has 0 amide bonds. The van der Waals surface area contributed by atoms with Crippen LogP contribution < -0.4 is 0 Å². The number of nitrogens with zero attached hydrogens (tertiary/aromatic N) is 2. The van der Waals surface area contributed by atoms with Crippen LogP contribution in [0.15, 0.2) is 18.3 Å². The highest BCUT2D eigenvalue weighted by atomic mass is 19.1. The summed E-state index contributed by atoms with van der Waals surface area (Å²) in [5, 5.41) is 9.58. The largest absolute Gasteiger partial charge is 0.480 e. The molecular weight excluding hydrogens is 259 g/mol. The summed E-state index contributed by atoms with van der Waals surface area (Å²) < 4.78 is 13.0. The van der Waals surface area contributed by atoms with Gasteiger partial charge >= 0.3 is 5.97 Å². The third kappa shape index (κ3) is 2.68. The van der Waals surface area contributed by atoms with Crippen LogP contribution in [0.25, 0.3) is 0 Å². The van der Waals surface area contributed by atoms with Crippen molar-refractivity contribution in [3.63, 3.8) is 0 Å². The van der Waals surface area contributed by atoms with Gasteiger partial charge in [0.1, 0.15) is 11.4 Å². The molecule has 2 rings (SSSR count). The summed E-state index contributed by atoms with van der Waals surface area (Å²) >= 11 is 0. The van der Waals surface area contributed by atoms with Crippen LogP contribution in [0.3, 0.4) is 0 Å². The van der Waals surface area contributed by atoms with Gasteiger partial charge in [0.2, 0.25) is 0 Å². The predicted octanol–water partition coefficient (Wildman–Crippen LogP) is 3.00. The van der Waals surface area contributed by atoms with E-state index in [1.54, 1.807) is 13.0 Å². The molecule has 0 saturated carbocycles. The fourth-order valence-corrected chi connectivity index (χ4v) is 3.04. The first-order valence-corrected chi connectivity index (χ1v) is 7.10. The molecule has 2 unspecified atom stereocenters. The molecule has 0 radical (unpaired) electrons. The Morgan fingerprint density at radius 1 is 1.55 bits per heavy atom. The van der Waals surface area contributed by atoms with Crippen LogP contribution in [0.4, 0.5) is 4.39 Å². The second-order valence-corrected chi connectivity index (χ2v) is 5.55. The summed E-state index contributed by atoms with van der Waals surface area (Å²) in [5.41, 5.74) is -0.127. The van der Waals surface area contributed by atoms with Gasteiger partial charge in [-0.25, -0.2) is 4.39 Å². The zero-order chi connectivity index (χ0) is 14.8. The van der Waals surface area contributed by atoms with Gasteiger partial charge in [0.25, 0.3) is 0 Å². The maximum absolute atomic E-state index is 13.0. The van der Waals surface area contributed by atoms with Gasteiger partial charge in [0.15, 0.2) is 0 Å². The Bertz CT molecular complexity index is 477. The van der Waals surface area contributed by atoms with E-state index < -0.39 is 11.5 Å². The van der Waals surface area contributed by atoms with Crippen molar-refractivity contribution in [3.8, 4) is 0 Å². The molecule has 0 spiro atoms. The van der Waals surface area contributed by atoms with Gasteiger partial charge in [-0.15, -0.1) is 0 Å². The summed E-state index contributed by atoms with van der Waals surface area (Å²) in [4.78, 5) is 17.8. The number of pyridine rings is 1. The number of halogens is 1. The molecule has 20 heavy (non-hydrogen) atoms. The molecule has 2 atom stereocenters. The minimum Gasteiger partial charge on any atom is -0.480 e. The van der Waals surface area contributed by atoms with Crippen molar-refractivity contribution in [1.29, 1.82) is 0 Å². The van der Waals surface area contributed by atoms with Gasteiger partial charge in [-0.3, -0.25) is 14.7 Å². The highest BCUT2D eigenvalue weighted by Crippen LogP contribution is 2.36. The Hall–Kier alpha value is -1.49. The normalized spacial score (nSPS) is 25.4. The number of hydrogen-bond acceptors (Lipinski definition) is 3. The number of carbonyl (C=O) groups is 1. The number of carboxylic acids is 1. The first-order chi connectivity index (χ1) is 9.49. The number of aliphatic carboxylic acids is 1. The summed E-state index contributed by atoms with van der Waals surface area (Å²) in [7, 11) is 0. The Labute approximate surface area is 118 Å². The van der Waals surface area contributed by atoms with Gasteiger partial charge in [0.05, 0.1) is 17.9 Å². The molecule has 1 aliphatic rings. The average Bonchev–Trinajstić information content (AvgIpc) is 2.43. The van der Waals surface area contributed by atoms with Crippen molar-refractivity contribution in [2.24, 2.45) is 0 Å². The van der Waals surface area contributed by atoms with Crippen molar-refractivity contribution in [1.82, 2.24) is 9.88 Å². The van der Waals surface area contributed by atoms with Crippen LogP contribution in [0.5, 0.6) is 0 Å². The molecule has 0 bridgehead atoms. The quantitative estimate of drug-likeness (QED) is 0.921. The number of aromatic nitrogens is 1. The standard InChI is InChI=1S/C15H21FN2O2/c1-3-13(12-7-6-11(16)10-17-12)18-9-5-4-8-15(18,2)14(19)20/h6-7,10,13H,3-5,8-9H2,1-2H3,(H,19,20). The van der Waals surface area contributed by atoms with E-state index in [1.165, 1.54) is 12.3 Å². The molecule has 1 aromatic rings. The Balaban J connectivity index is 2.33. The molecule has 1 N–H and O–H groups in total. The average molecular weight is 280 g/mol. The maximum atomic E-state index is 13.0. The topological polar surface area (TPSA) is 53.4 Å². The molecule has 110 valence electrons. The second-order valence-electron chi connectivity index (χ2n) is 5.55. The van der Waals surface area contributed by atoms with E-state index >= 15 is 0 Å². The highest BCUT2D eigenvalue weighted by Gasteiger charge is 2.44. The first kappa shape index (κ1) is 14.9. The van der Waals surface area contributed by atoms with Crippen LogP contribution in [-0.4, -0.2) is 33.0 Å². The third-order valence-corrected chi connectivity index (χ3v) is 4.26. The van der Waals surface area contributed by atoms with E-state index in [0.717, 1.165) is 31.5 Å². The fourth-order valence-electron chi connectivity index (χ4n) is 3.04. The van der Waals surface area contributed by atoms with Crippen molar-refractivity contribution < 1.29 is 14.3 Å². The first-order valence-electron chi connectivity index (χ1n) is 7.10. The Kier molecular flexibility index (Phi) is 4.38. The van der Waals surface area contributed by atoms with Gasteiger partial charge in [-0.1, -0.05) is 6.92 Å². The lowest BCUT2D eigenvalue weighted by Gasteiger charge is -2.45. The molecule has 1 saturated heterocycles. The minimum atomic E-state index is -0.866. The van der Waals surface area contributed by atoms with Gasteiger partial charge in [-0.2, -0.15) is 0 Å². The molecule has 5 heteroatoms. The van der Waals surface area contributed by atoms with E-state index in [1.807, 2.05) is 11.8 Å². The van der Waals surface area contributed by atoms with Gasteiger partial charge in [0, 0.05) is 0 Å². The monoisotopic (exact) mass is 280 g/mol. The summed E-state index contributed by atoms with van der Waals surface area (Å²) in [6.07, 6.45) is 4.49. The number of piperidine rings is 1. The molecule has 1 aliphatic heterocycles. The zero-order valence-electron chi connectivity index (χ0n) is 12.0. The van der Waals surface area contributed by atoms with Crippen molar-refractivity contribution in [3.05, 3.63) is 29.8 Å². The Morgan fingerprint density at radius 2 is 2.30 bits per heavy atom. The highest BCUT2D eigenvalue weighted by molar-refractivity contribution is 5.78.